The van der Waals surface area contributed by atoms with Gasteiger partial charge in [-0.3, -0.25) is 0 Å². The first-order valence-corrected chi connectivity index (χ1v) is 19.7. The van der Waals surface area contributed by atoms with Gasteiger partial charge in [-0.05, 0) is 126 Å². The molecule has 8 aromatic carbocycles. The molecule has 0 unspecified atom stereocenters. The number of nitrogens with zero attached hydrogens (tertiary/aromatic N) is 1. The molecule has 0 radical (unpaired) electrons. The maximum Gasteiger partial charge on any atom is 0.143 e. The average Bonchev–Trinajstić information content (AvgIpc) is 3.81. The number of furan rings is 2. The van der Waals surface area contributed by atoms with Crippen LogP contribution >= 0.6 is 0 Å². The molecular weight excluding hydrogens is 695 g/mol. The molecule has 0 saturated heterocycles. The highest BCUT2D eigenvalue weighted by Gasteiger charge is 2.22. The molecule has 274 valence electrons. The van der Waals surface area contributed by atoms with E-state index in [-0.39, 0.29) is 0 Å². The number of rotatable bonds is 7. The third kappa shape index (κ3) is 5.74. The van der Waals surface area contributed by atoms with Gasteiger partial charge < -0.3 is 13.7 Å². The fourth-order valence-electron chi connectivity index (χ4n) is 8.60. The first-order chi connectivity index (χ1) is 28.0. The monoisotopic (exact) mass is 735 g/mol. The molecule has 3 nitrogen and oxygen atoms in total. The Kier molecular flexibility index (Phi) is 8.38. The Labute approximate surface area is 332 Å². The Bertz CT molecular complexity index is 3230. The molecule has 0 aliphatic carbocycles. The van der Waals surface area contributed by atoms with Crippen LogP contribution in [0.1, 0.15) is 36.1 Å². The minimum Gasteiger partial charge on any atom is -0.456 e. The lowest BCUT2D eigenvalue weighted by molar-refractivity contribution is 0.669. The summed E-state index contributed by atoms with van der Waals surface area (Å²) in [5, 5.41) is 6.80. The Balaban J connectivity index is 1.18. The maximum atomic E-state index is 6.78. The molecule has 0 aliphatic heterocycles. The van der Waals surface area contributed by atoms with Crippen LogP contribution in [0.5, 0.6) is 0 Å². The van der Waals surface area contributed by atoms with Gasteiger partial charge in [0.1, 0.15) is 22.3 Å². The first kappa shape index (κ1) is 34.4. The first-order valence-electron chi connectivity index (χ1n) is 19.7. The van der Waals surface area contributed by atoms with E-state index in [1.54, 1.807) is 0 Å². The topological polar surface area (TPSA) is 29.5 Å². The van der Waals surface area contributed by atoms with Crippen molar-refractivity contribution < 1.29 is 8.83 Å². The van der Waals surface area contributed by atoms with E-state index in [0.29, 0.717) is 0 Å². The standard InChI is InChI=1S/C54H41NO2/c1-5-14-37-30-48(42(15-6-2)35(4)34(37)3)36-24-26-40(27-25-36)55(41-28-29-45-44-19-10-12-23-51(44)56-53(45)33-41)50-22-11-9-18-43(50)46-20-13-21-47-49-31-38-16-7-8-17-39(38)32-52(49)57-54(46)47/h5-33H,1-4H3/b14-5-,15-6-. The van der Waals surface area contributed by atoms with Crippen molar-refractivity contribution in [1.29, 1.82) is 0 Å². The van der Waals surface area contributed by atoms with E-state index in [1.807, 2.05) is 12.1 Å². The van der Waals surface area contributed by atoms with Crippen molar-refractivity contribution >= 4 is 83.9 Å². The Morgan fingerprint density at radius 2 is 1.12 bits per heavy atom. The molecule has 0 saturated carbocycles. The third-order valence-electron chi connectivity index (χ3n) is 11.5. The number of benzene rings is 8. The summed E-state index contributed by atoms with van der Waals surface area (Å²) in [4.78, 5) is 2.35. The third-order valence-corrected chi connectivity index (χ3v) is 11.5. The zero-order valence-corrected chi connectivity index (χ0v) is 32.5. The van der Waals surface area contributed by atoms with Gasteiger partial charge in [-0.2, -0.15) is 0 Å². The summed E-state index contributed by atoms with van der Waals surface area (Å²) in [5.74, 6) is 0. The summed E-state index contributed by atoms with van der Waals surface area (Å²) in [6.07, 6.45) is 8.69. The smallest absolute Gasteiger partial charge is 0.143 e. The van der Waals surface area contributed by atoms with Crippen molar-refractivity contribution in [3.05, 3.63) is 186 Å². The van der Waals surface area contributed by atoms with E-state index in [1.165, 1.54) is 44.2 Å². The van der Waals surface area contributed by atoms with Crippen LogP contribution in [0.4, 0.5) is 17.1 Å². The van der Waals surface area contributed by atoms with Crippen molar-refractivity contribution in [2.75, 3.05) is 4.90 Å². The molecule has 0 fully saturated rings. The molecule has 57 heavy (non-hydrogen) atoms. The SMILES string of the molecule is C/C=C\c1cc(-c2ccc(N(c3ccc4c(c3)oc3ccccc34)c3ccccc3-c3cccc4c3oc3cc5ccccc5cc34)cc2)c(/C=C\C)c(C)c1C. The normalized spacial score (nSPS) is 12.1. The summed E-state index contributed by atoms with van der Waals surface area (Å²) in [7, 11) is 0. The Morgan fingerprint density at radius 3 is 1.95 bits per heavy atom. The number of hydrogen-bond donors (Lipinski definition) is 0. The lowest BCUT2D eigenvalue weighted by atomic mass is 9.89. The van der Waals surface area contributed by atoms with Crippen LogP contribution < -0.4 is 4.90 Å². The number of allylic oxidation sites excluding steroid dienone is 2. The molecule has 0 amide bonds. The predicted octanol–water partition coefficient (Wildman–Crippen LogP) is 16.1. The van der Waals surface area contributed by atoms with E-state index >= 15 is 0 Å². The van der Waals surface area contributed by atoms with Gasteiger partial charge in [0.25, 0.3) is 0 Å². The molecule has 2 heterocycles. The minimum absolute atomic E-state index is 0.849. The molecule has 0 atom stereocenters. The fourth-order valence-corrected chi connectivity index (χ4v) is 8.60. The summed E-state index contributed by atoms with van der Waals surface area (Å²) < 4.78 is 13.2. The van der Waals surface area contributed by atoms with Crippen LogP contribution in [-0.2, 0) is 0 Å². The van der Waals surface area contributed by atoms with Crippen molar-refractivity contribution in [3.8, 4) is 22.3 Å². The zero-order valence-electron chi connectivity index (χ0n) is 32.5. The van der Waals surface area contributed by atoms with E-state index in [2.05, 4.69) is 196 Å². The van der Waals surface area contributed by atoms with Gasteiger partial charge in [0.15, 0.2) is 0 Å². The molecule has 0 N–H and O–H groups in total. The highest BCUT2D eigenvalue weighted by molar-refractivity contribution is 6.14. The molecule has 0 aliphatic rings. The van der Waals surface area contributed by atoms with E-state index in [9.17, 15) is 0 Å². The summed E-state index contributed by atoms with van der Waals surface area (Å²) in [6.45, 7) is 8.61. The number of hydrogen-bond acceptors (Lipinski definition) is 3. The van der Waals surface area contributed by atoms with Gasteiger partial charge >= 0.3 is 0 Å². The van der Waals surface area contributed by atoms with E-state index < -0.39 is 0 Å². The summed E-state index contributed by atoms with van der Waals surface area (Å²) in [6, 6.07) is 54.2. The lowest BCUT2D eigenvalue weighted by Crippen LogP contribution is -2.11. The lowest BCUT2D eigenvalue weighted by Gasteiger charge is -2.28. The van der Waals surface area contributed by atoms with Crippen LogP contribution in [0.25, 0.3) is 89.1 Å². The number of para-hydroxylation sites is 3. The number of fused-ring (bicyclic) bond motifs is 7. The second-order valence-electron chi connectivity index (χ2n) is 14.8. The Hall–Kier alpha value is -7.10. The van der Waals surface area contributed by atoms with E-state index in [0.717, 1.165) is 72.1 Å². The second kappa shape index (κ2) is 13.9. The van der Waals surface area contributed by atoms with Crippen LogP contribution in [0.3, 0.4) is 0 Å². The van der Waals surface area contributed by atoms with Crippen molar-refractivity contribution in [2.45, 2.75) is 27.7 Å². The van der Waals surface area contributed by atoms with Crippen LogP contribution in [0, 0.1) is 13.8 Å². The van der Waals surface area contributed by atoms with Gasteiger partial charge in [0.05, 0.1) is 5.69 Å². The fraction of sp³-hybridized carbons (Fsp3) is 0.0741. The van der Waals surface area contributed by atoms with Crippen LogP contribution in [0.15, 0.2) is 173 Å². The molecule has 10 rings (SSSR count). The molecule has 0 spiro atoms. The molecular formula is C54H41NO2. The highest BCUT2D eigenvalue weighted by atomic mass is 16.3. The predicted molar refractivity (Wildman–Crippen MR) is 243 cm³/mol. The molecule has 10 aromatic rings. The van der Waals surface area contributed by atoms with Crippen molar-refractivity contribution in [3.63, 3.8) is 0 Å². The molecule has 3 heteroatoms. The largest absolute Gasteiger partial charge is 0.456 e. The average molecular weight is 736 g/mol. The highest BCUT2D eigenvalue weighted by Crippen LogP contribution is 2.46. The molecule has 0 bridgehead atoms. The van der Waals surface area contributed by atoms with Gasteiger partial charge in [-0.1, -0.05) is 115 Å². The Morgan fingerprint density at radius 1 is 0.456 bits per heavy atom. The van der Waals surface area contributed by atoms with Crippen molar-refractivity contribution in [2.24, 2.45) is 0 Å². The van der Waals surface area contributed by atoms with Gasteiger partial charge in [-0.15, -0.1) is 0 Å². The quantitative estimate of drug-likeness (QED) is 0.163. The van der Waals surface area contributed by atoms with Gasteiger partial charge in [-0.25, -0.2) is 0 Å². The van der Waals surface area contributed by atoms with Gasteiger partial charge in [0, 0.05) is 50.1 Å². The van der Waals surface area contributed by atoms with Crippen LogP contribution in [-0.4, -0.2) is 0 Å². The van der Waals surface area contributed by atoms with Crippen LogP contribution in [0.2, 0.25) is 0 Å². The summed E-state index contributed by atoms with van der Waals surface area (Å²) in [5.41, 5.74) is 16.2. The second-order valence-corrected chi connectivity index (χ2v) is 14.8. The number of anilines is 3. The van der Waals surface area contributed by atoms with E-state index in [4.69, 9.17) is 8.83 Å². The molecule has 2 aromatic heterocycles. The minimum atomic E-state index is 0.849. The summed E-state index contributed by atoms with van der Waals surface area (Å²) >= 11 is 0. The zero-order chi connectivity index (χ0) is 38.6. The van der Waals surface area contributed by atoms with Crippen molar-refractivity contribution in [1.82, 2.24) is 0 Å². The maximum absolute atomic E-state index is 6.78. The van der Waals surface area contributed by atoms with Gasteiger partial charge in [0.2, 0.25) is 0 Å².